The van der Waals surface area contributed by atoms with E-state index in [0.717, 1.165) is 11.6 Å². The van der Waals surface area contributed by atoms with Crippen molar-refractivity contribution < 1.29 is 0 Å². The van der Waals surface area contributed by atoms with Gasteiger partial charge in [-0.3, -0.25) is 0 Å². The Balaban J connectivity index is 2.81. The number of nitrogens with zero attached hydrogens (tertiary/aromatic N) is 3. The third kappa shape index (κ3) is 2.48. The fraction of sp³-hybridized carbons (Fsp3) is 0.625. The van der Waals surface area contributed by atoms with Crippen LogP contribution in [-0.4, -0.2) is 19.8 Å². The first-order valence-electron chi connectivity index (χ1n) is 4.18. The molecule has 1 aromatic heterocycles. The molecule has 0 amide bonds. The molecule has 4 nitrogen and oxygen atoms in total. The monoisotopic (exact) mass is 198 g/mol. The first-order valence-corrected chi connectivity index (χ1v) is 4.59. The molecular weight excluding hydrogens is 184 g/mol. The van der Waals surface area contributed by atoms with Crippen molar-refractivity contribution in [2.45, 2.75) is 33.2 Å². The van der Waals surface area contributed by atoms with Crippen LogP contribution >= 0.6 is 12.2 Å². The molecule has 0 saturated carbocycles. The van der Waals surface area contributed by atoms with Gasteiger partial charge in [-0.05, 0) is 20.8 Å². The van der Waals surface area contributed by atoms with Crippen LogP contribution in [0, 0.1) is 13.8 Å². The Labute approximate surface area is 83.1 Å². The molecule has 0 aliphatic heterocycles. The minimum absolute atomic E-state index is 0.193. The number of aryl methyl sites for hydroxylation is 2. The molecule has 0 aliphatic carbocycles. The third-order valence-electron chi connectivity index (χ3n) is 1.82. The Morgan fingerprint density at radius 3 is 2.62 bits per heavy atom. The Hall–Kier alpha value is -0.970. The molecule has 2 N–H and O–H groups in total. The van der Waals surface area contributed by atoms with Crippen LogP contribution in [0.1, 0.15) is 31.0 Å². The van der Waals surface area contributed by atoms with Crippen molar-refractivity contribution in [3.8, 4) is 0 Å². The van der Waals surface area contributed by atoms with Crippen LogP contribution in [0.25, 0.3) is 0 Å². The molecule has 0 spiro atoms. The van der Waals surface area contributed by atoms with E-state index >= 15 is 0 Å². The van der Waals surface area contributed by atoms with Gasteiger partial charge >= 0.3 is 0 Å². The summed E-state index contributed by atoms with van der Waals surface area (Å²) >= 11 is 4.84. The van der Waals surface area contributed by atoms with Crippen LogP contribution in [0.2, 0.25) is 0 Å². The molecule has 0 bridgehead atoms. The zero-order valence-corrected chi connectivity index (χ0v) is 8.93. The second kappa shape index (κ2) is 3.83. The molecule has 1 heterocycles. The van der Waals surface area contributed by atoms with E-state index in [2.05, 4.69) is 10.1 Å². The molecule has 72 valence electrons. The van der Waals surface area contributed by atoms with Gasteiger partial charge in [0.25, 0.3) is 0 Å². The van der Waals surface area contributed by atoms with Gasteiger partial charge in [0.05, 0.1) is 11.0 Å². The van der Waals surface area contributed by atoms with Crippen molar-refractivity contribution >= 4 is 17.2 Å². The zero-order valence-electron chi connectivity index (χ0n) is 8.11. The van der Waals surface area contributed by atoms with Crippen LogP contribution in [-0.2, 0) is 0 Å². The highest BCUT2D eigenvalue weighted by Crippen LogP contribution is 2.11. The lowest BCUT2D eigenvalue weighted by Gasteiger charge is -2.11. The topological polar surface area (TPSA) is 56.7 Å². The number of nitrogens with two attached hydrogens (primary N) is 1. The fourth-order valence-corrected chi connectivity index (χ4v) is 1.57. The summed E-state index contributed by atoms with van der Waals surface area (Å²) in [5, 5.41) is 4.25. The number of hydrogen-bond donors (Lipinski definition) is 1. The van der Waals surface area contributed by atoms with Crippen molar-refractivity contribution in [1.82, 2.24) is 14.8 Å². The lowest BCUT2D eigenvalue weighted by atomic mass is 10.2. The Morgan fingerprint density at radius 1 is 1.62 bits per heavy atom. The highest BCUT2D eigenvalue weighted by Gasteiger charge is 2.10. The minimum Gasteiger partial charge on any atom is -0.393 e. The van der Waals surface area contributed by atoms with Crippen molar-refractivity contribution in [2.75, 3.05) is 0 Å². The molecule has 1 rings (SSSR count). The molecule has 5 heteroatoms. The van der Waals surface area contributed by atoms with E-state index in [1.165, 1.54) is 0 Å². The average molecular weight is 198 g/mol. The Morgan fingerprint density at radius 2 is 2.23 bits per heavy atom. The SMILES string of the molecule is Cc1nc(C)n(C(C)CC(N)=S)n1. The van der Waals surface area contributed by atoms with E-state index in [1.807, 2.05) is 25.5 Å². The lowest BCUT2D eigenvalue weighted by Crippen LogP contribution is -2.17. The normalized spacial score (nSPS) is 12.8. The van der Waals surface area contributed by atoms with Gasteiger partial charge in [-0.15, -0.1) is 0 Å². The van der Waals surface area contributed by atoms with Gasteiger partial charge in [0.2, 0.25) is 0 Å². The minimum atomic E-state index is 0.193. The molecule has 1 unspecified atom stereocenters. The first kappa shape index (κ1) is 10.1. The lowest BCUT2D eigenvalue weighted by molar-refractivity contribution is 0.491. The summed E-state index contributed by atoms with van der Waals surface area (Å²) in [5.74, 6) is 1.69. The highest BCUT2D eigenvalue weighted by atomic mass is 32.1. The molecule has 0 fully saturated rings. The molecule has 0 saturated heterocycles. The van der Waals surface area contributed by atoms with Crippen molar-refractivity contribution in [3.05, 3.63) is 11.6 Å². The molecule has 0 aromatic carbocycles. The number of thiocarbonyl (C=S) groups is 1. The predicted molar refractivity (Wildman–Crippen MR) is 55.6 cm³/mol. The van der Waals surface area contributed by atoms with Gasteiger partial charge in [-0.2, -0.15) is 5.10 Å². The summed E-state index contributed by atoms with van der Waals surface area (Å²) in [7, 11) is 0. The van der Waals surface area contributed by atoms with Gasteiger partial charge in [-0.1, -0.05) is 12.2 Å². The quantitative estimate of drug-likeness (QED) is 0.740. The van der Waals surface area contributed by atoms with E-state index in [9.17, 15) is 0 Å². The van der Waals surface area contributed by atoms with Crippen LogP contribution in [0.4, 0.5) is 0 Å². The van der Waals surface area contributed by atoms with Crippen molar-refractivity contribution in [2.24, 2.45) is 5.73 Å². The van der Waals surface area contributed by atoms with Gasteiger partial charge < -0.3 is 5.73 Å². The van der Waals surface area contributed by atoms with Crippen LogP contribution in [0.15, 0.2) is 0 Å². The van der Waals surface area contributed by atoms with E-state index in [4.69, 9.17) is 18.0 Å². The average Bonchev–Trinajstić information content (AvgIpc) is 2.28. The van der Waals surface area contributed by atoms with Crippen LogP contribution < -0.4 is 5.73 Å². The van der Waals surface area contributed by atoms with Gasteiger partial charge in [0.1, 0.15) is 11.6 Å². The largest absolute Gasteiger partial charge is 0.393 e. The predicted octanol–water partition coefficient (Wildman–Crippen LogP) is 1.13. The van der Waals surface area contributed by atoms with E-state index in [0.29, 0.717) is 11.4 Å². The van der Waals surface area contributed by atoms with E-state index < -0.39 is 0 Å². The molecular formula is C8H14N4S. The third-order valence-corrected chi connectivity index (χ3v) is 1.99. The molecule has 1 atom stereocenters. The molecule has 1 aromatic rings. The van der Waals surface area contributed by atoms with E-state index in [-0.39, 0.29) is 6.04 Å². The summed E-state index contributed by atoms with van der Waals surface area (Å²) in [5.41, 5.74) is 5.46. The summed E-state index contributed by atoms with van der Waals surface area (Å²) in [4.78, 5) is 4.72. The summed E-state index contributed by atoms with van der Waals surface area (Å²) in [6.07, 6.45) is 0.666. The van der Waals surface area contributed by atoms with Gasteiger partial charge in [0.15, 0.2) is 0 Å². The second-order valence-corrected chi connectivity index (χ2v) is 3.69. The van der Waals surface area contributed by atoms with Crippen LogP contribution in [0.5, 0.6) is 0 Å². The van der Waals surface area contributed by atoms with Crippen LogP contribution in [0.3, 0.4) is 0 Å². The van der Waals surface area contributed by atoms with Crippen molar-refractivity contribution in [3.63, 3.8) is 0 Å². The smallest absolute Gasteiger partial charge is 0.147 e. The fourth-order valence-electron chi connectivity index (χ4n) is 1.33. The zero-order chi connectivity index (χ0) is 10.0. The molecule has 13 heavy (non-hydrogen) atoms. The highest BCUT2D eigenvalue weighted by molar-refractivity contribution is 7.80. The maximum absolute atomic E-state index is 5.46. The van der Waals surface area contributed by atoms with Gasteiger partial charge in [-0.25, -0.2) is 9.67 Å². The standard InChI is InChI=1S/C8H14N4S/c1-5(4-8(9)13)12-7(3)10-6(2)11-12/h5H,4H2,1-3H3,(H2,9,13). The van der Waals surface area contributed by atoms with E-state index in [1.54, 1.807) is 0 Å². The summed E-state index contributed by atoms with van der Waals surface area (Å²) in [6, 6.07) is 0.193. The second-order valence-electron chi connectivity index (χ2n) is 3.17. The maximum atomic E-state index is 5.46. The van der Waals surface area contributed by atoms with Crippen molar-refractivity contribution in [1.29, 1.82) is 0 Å². The summed E-state index contributed by atoms with van der Waals surface area (Å²) < 4.78 is 1.86. The Bertz CT molecular complexity index is 318. The number of rotatable bonds is 3. The van der Waals surface area contributed by atoms with Gasteiger partial charge in [0, 0.05) is 6.42 Å². The number of hydrogen-bond acceptors (Lipinski definition) is 3. The summed E-state index contributed by atoms with van der Waals surface area (Å²) in [6.45, 7) is 5.83. The number of aromatic nitrogens is 3. The first-order chi connectivity index (χ1) is 6.00. The Kier molecular flexibility index (Phi) is 2.98. The molecule has 0 aliphatic rings. The maximum Gasteiger partial charge on any atom is 0.147 e. The molecule has 0 radical (unpaired) electrons.